The van der Waals surface area contributed by atoms with Crippen molar-refractivity contribution < 1.29 is 4.79 Å². The SMILES string of the molecule is Cc1cccc(C)c1NC(=O)CN1CCN(CC2CCCNC2)CC1.Cl. The van der Waals surface area contributed by atoms with E-state index in [0.717, 1.165) is 48.9 Å². The summed E-state index contributed by atoms with van der Waals surface area (Å²) in [6.07, 6.45) is 2.66. The predicted octanol–water partition coefficient (Wildman–Crippen LogP) is 2.28. The molecule has 26 heavy (non-hydrogen) atoms. The first kappa shape index (κ1) is 21.2. The second kappa shape index (κ2) is 10.3. The molecule has 5 nitrogen and oxygen atoms in total. The maximum Gasteiger partial charge on any atom is 0.238 e. The lowest BCUT2D eigenvalue weighted by atomic mass is 9.99. The number of rotatable bonds is 5. The highest BCUT2D eigenvalue weighted by Crippen LogP contribution is 2.19. The Labute approximate surface area is 163 Å². The molecule has 2 aliphatic rings. The second-order valence-electron chi connectivity index (χ2n) is 7.60. The van der Waals surface area contributed by atoms with Crippen LogP contribution in [0.2, 0.25) is 0 Å². The summed E-state index contributed by atoms with van der Waals surface area (Å²) in [5, 5.41) is 6.60. The van der Waals surface area contributed by atoms with Gasteiger partial charge in [0.25, 0.3) is 0 Å². The van der Waals surface area contributed by atoms with Gasteiger partial charge in [-0.15, -0.1) is 12.4 Å². The van der Waals surface area contributed by atoms with Crippen LogP contribution in [0.25, 0.3) is 0 Å². The van der Waals surface area contributed by atoms with Crippen LogP contribution in [-0.2, 0) is 4.79 Å². The third-order valence-electron chi connectivity index (χ3n) is 5.49. The molecule has 1 aromatic rings. The number of nitrogens with one attached hydrogen (secondary N) is 2. The molecule has 2 fully saturated rings. The summed E-state index contributed by atoms with van der Waals surface area (Å²) in [5.74, 6) is 0.898. The molecule has 1 atom stereocenters. The fraction of sp³-hybridized carbons (Fsp3) is 0.650. The van der Waals surface area contributed by atoms with Crippen molar-refractivity contribution in [3.63, 3.8) is 0 Å². The van der Waals surface area contributed by atoms with Gasteiger partial charge in [-0.05, 0) is 56.8 Å². The minimum absolute atomic E-state index is 0. The summed E-state index contributed by atoms with van der Waals surface area (Å²) in [4.78, 5) is 17.3. The van der Waals surface area contributed by atoms with Crippen LogP contribution in [0.1, 0.15) is 24.0 Å². The Kier molecular flexibility index (Phi) is 8.35. The number of anilines is 1. The molecule has 2 aliphatic heterocycles. The first-order chi connectivity index (χ1) is 12.1. The Balaban J connectivity index is 0.00000243. The Morgan fingerprint density at radius 2 is 1.81 bits per heavy atom. The number of amides is 1. The van der Waals surface area contributed by atoms with Gasteiger partial charge in [0.1, 0.15) is 0 Å². The molecular formula is C20H33ClN4O. The molecule has 1 amide bonds. The number of carbonyl (C=O) groups is 1. The Bertz CT molecular complexity index is 561. The molecule has 2 N–H and O–H groups in total. The van der Waals surface area contributed by atoms with Crippen molar-refractivity contribution in [2.24, 2.45) is 5.92 Å². The van der Waals surface area contributed by atoms with Crippen molar-refractivity contribution in [3.05, 3.63) is 29.3 Å². The molecule has 0 bridgehead atoms. The number of carbonyl (C=O) groups excluding carboxylic acids is 1. The van der Waals surface area contributed by atoms with Crippen LogP contribution in [0, 0.1) is 19.8 Å². The van der Waals surface area contributed by atoms with Crippen LogP contribution in [0.3, 0.4) is 0 Å². The van der Waals surface area contributed by atoms with E-state index in [0.29, 0.717) is 6.54 Å². The fourth-order valence-electron chi connectivity index (χ4n) is 3.97. The maximum atomic E-state index is 12.4. The maximum absolute atomic E-state index is 12.4. The van der Waals surface area contributed by atoms with Crippen LogP contribution in [-0.4, -0.2) is 68.1 Å². The second-order valence-corrected chi connectivity index (χ2v) is 7.60. The summed E-state index contributed by atoms with van der Waals surface area (Å²) < 4.78 is 0. The van der Waals surface area contributed by atoms with Crippen molar-refractivity contribution in [1.82, 2.24) is 15.1 Å². The molecule has 0 radical (unpaired) electrons. The normalized spacial score (nSPS) is 21.8. The average Bonchev–Trinajstić information content (AvgIpc) is 2.61. The van der Waals surface area contributed by atoms with Gasteiger partial charge in [-0.2, -0.15) is 0 Å². The van der Waals surface area contributed by atoms with E-state index in [1.54, 1.807) is 0 Å². The molecule has 1 unspecified atom stereocenters. The largest absolute Gasteiger partial charge is 0.324 e. The van der Waals surface area contributed by atoms with Gasteiger partial charge < -0.3 is 15.5 Å². The van der Waals surface area contributed by atoms with Crippen molar-refractivity contribution in [2.75, 3.05) is 57.7 Å². The van der Waals surface area contributed by atoms with Crippen molar-refractivity contribution >= 4 is 24.0 Å². The molecular weight excluding hydrogens is 348 g/mol. The van der Waals surface area contributed by atoms with Crippen molar-refractivity contribution in [2.45, 2.75) is 26.7 Å². The summed E-state index contributed by atoms with van der Waals surface area (Å²) >= 11 is 0. The molecule has 146 valence electrons. The molecule has 6 heteroatoms. The van der Waals surface area contributed by atoms with E-state index in [9.17, 15) is 4.79 Å². The number of benzene rings is 1. The average molecular weight is 381 g/mol. The van der Waals surface area contributed by atoms with Crippen LogP contribution >= 0.6 is 12.4 Å². The quantitative estimate of drug-likeness (QED) is 0.822. The van der Waals surface area contributed by atoms with Gasteiger partial charge in [0.05, 0.1) is 6.54 Å². The van der Waals surface area contributed by atoms with Crippen LogP contribution in [0.5, 0.6) is 0 Å². The highest BCUT2D eigenvalue weighted by Gasteiger charge is 2.22. The van der Waals surface area contributed by atoms with Crippen molar-refractivity contribution in [3.8, 4) is 0 Å². The zero-order valence-corrected chi connectivity index (χ0v) is 16.9. The van der Waals surface area contributed by atoms with E-state index in [4.69, 9.17) is 0 Å². The van der Waals surface area contributed by atoms with E-state index >= 15 is 0 Å². The first-order valence-corrected chi connectivity index (χ1v) is 9.63. The van der Waals surface area contributed by atoms with E-state index in [1.165, 1.54) is 32.5 Å². The molecule has 3 rings (SSSR count). The molecule has 0 saturated carbocycles. The molecule has 0 spiro atoms. The van der Waals surface area contributed by atoms with Gasteiger partial charge in [-0.1, -0.05) is 18.2 Å². The number of para-hydroxylation sites is 1. The lowest BCUT2D eigenvalue weighted by Gasteiger charge is -2.37. The summed E-state index contributed by atoms with van der Waals surface area (Å²) in [6, 6.07) is 6.12. The Morgan fingerprint density at radius 1 is 1.15 bits per heavy atom. The monoisotopic (exact) mass is 380 g/mol. The summed E-state index contributed by atoms with van der Waals surface area (Å²) in [7, 11) is 0. The zero-order valence-electron chi connectivity index (χ0n) is 16.1. The number of piperidine rings is 1. The zero-order chi connectivity index (χ0) is 17.6. The minimum atomic E-state index is 0. The molecule has 1 aromatic carbocycles. The third kappa shape index (κ3) is 5.95. The topological polar surface area (TPSA) is 47.6 Å². The third-order valence-corrected chi connectivity index (χ3v) is 5.49. The standard InChI is InChI=1S/C20H32N4O.ClH/c1-16-5-3-6-17(2)20(16)22-19(25)15-24-11-9-23(10-12-24)14-18-7-4-8-21-13-18;/h3,5-6,18,21H,4,7-15H2,1-2H3,(H,22,25);1H. The molecule has 2 saturated heterocycles. The van der Waals surface area contributed by atoms with E-state index in [2.05, 4.69) is 20.4 Å². The molecule has 0 aliphatic carbocycles. The summed E-state index contributed by atoms with van der Waals surface area (Å²) in [6.45, 7) is 12.3. The fourth-order valence-corrected chi connectivity index (χ4v) is 3.97. The predicted molar refractivity (Wildman–Crippen MR) is 110 cm³/mol. The first-order valence-electron chi connectivity index (χ1n) is 9.63. The van der Waals surface area contributed by atoms with Gasteiger partial charge in [-0.3, -0.25) is 9.69 Å². The van der Waals surface area contributed by atoms with Gasteiger partial charge in [0, 0.05) is 38.4 Å². The number of halogens is 1. The number of nitrogens with zero attached hydrogens (tertiary/aromatic N) is 2. The van der Waals surface area contributed by atoms with E-state index < -0.39 is 0 Å². The van der Waals surface area contributed by atoms with Crippen molar-refractivity contribution in [1.29, 1.82) is 0 Å². The highest BCUT2D eigenvalue weighted by molar-refractivity contribution is 5.93. The minimum Gasteiger partial charge on any atom is -0.324 e. The van der Waals surface area contributed by atoms with Crippen LogP contribution in [0.4, 0.5) is 5.69 Å². The number of hydrogen-bond acceptors (Lipinski definition) is 4. The van der Waals surface area contributed by atoms with E-state index in [1.807, 2.05) is 32.0 Å². The lowest BCUT2D eigenvalue weighted by molar-refractivity contribution is -0.117. The van der Waals surface area contributed by atoms with Gasteiger partial charge in [0.15, 0.2) is 0 Å². The Hall–Kier alpha value is -1.14. The number of hydrogen-bond donors (Lipinski definition) is 2. The van der Waals surface area contributed by atoms with Crippen LogP contribution in [0.15, 0.2) is 18.2 Å². The molecule has 2 heterocycles. The van der Waals surface area contributed by atoms with Crippen LogP contribution < -0.4 is 10.6 Å². The Morgan fingerprint density at radius 3 is 2.42 bits per heavy atom. The van der Waals surface area contributed by atoms with Gasteiger partial charge >= 0.3 is 0 Å². The van der Waals surface area contributed by atoms with Gasteiger partial charge in [-0.25, -0.2) is 0 Å². The lowest BCUT2D eigenvalue weighted by Crippen LogP contribution is -2.50. The number of aryl methyl sites for hydroxylation is 2. The smallest absolute Gasteiger partial charge is 0.238 e. The number of piperazine rings is 1. The van der Waals surface area contributed by atoms with E-state index in [-0.39, 0.29) is 18.3 Å². The highest BCUT2D eigenvalue weighted by atomic mass is 35.5. The van der Waals surface area contributed by atoms with Gasteiger partial charge in [0.2, 0.25) is 5.91 Å². The molecule has 0 aromatic heterocycles. The summed E-state index contributed by atoms with van der Waals surface area (Å²) in [5.41, 5.74) is 3.22.